The van der Waals surface area contributed by atoms with Crippen molar-refractivity contribution >= 4 is 11.8 Å². The Bertz CT molecular complexity index is 552. The van der Waals surface area contributed by atoms with Crippen LogP contribution >= 0.6 is 11.8 Å². The summed E-state index contributed by atoms with van der Waals surface area (Å²) >= 11 is 1.60. The summed E-state index contributed by atoms with van der Waals surface area (Å²) in [6.45, 7) is 4.49. The number of hydrogen-bond donors (Lipinski definition) is 1. The van der Waals surface area contributed by atoms with E-state index in [0.29, 0.717) is 6.54 Å². The van der Waals surface area contributed by atoms with Gasteiger partial charge in [-0.3, -0.25) is 0 Å². The molecule has 106 valence electrons. The van der Waals surface area contributed by atoms with Crippen LogP contribution < -0.4 is 10.5 Å². The number of rotatable bonds is 5. The number of aryl methyl sites for hydroxylation is 2. The maximum atomic E-state index is 5.89. The molecular formula is C15H19N3OS. The average molecular weight is 289 g/mol. The zero-order valence-electron chi connectivity index (χ0n) is 12.0. The molecule has 0 aliphatic rings. The normalized spacial score (nSPS) is 12.2. The minimum Gasteiger partial charge on any atom is -0.497 e. The average Bonchev–Trinajstić information content (AvgIpc) is 2.44. The Balaban J connectivity index is 2.19. The minimum absolute atomic E-state index is 0.141. The molecule has 1 unspecified atom stereocenters. The van der Waals surface area contributed by atoms with E-state index in [1.54, 1.807) is 18.9 Å². The van der Waals surface area contributed by atoms with Gasteiger partial charge in [0.15, 0.2) is 5.16 Å². The predicted octanol–water partition coefficient (Wildman–Crippen LogP) is 2.89. The third-order valence-electron chi connectivity index (χ3n) is 2.91. The number of ether oxygens (including phenoxy) is 1. The molecule has 0 saturated heterocycles. The Morgan fingerprint density at radius 1 is 1.15 bits per heavy atom. The van der Waals surface area contributed by atoms with Gasteiger partial charge < -0.3 is 10.5 Å². The van der Waals surface area contributed by atoms with Crippen LogP contribution in [0.5, 0.6) is 5.75 Å². The van der Waals surface area contributed by atoms with Crippen LogP contribution in [0.3, 0.4) is 0 Å². The molecule has 1 aromatic carbocycles. The first kappa shape index (κ1) is 14.8. The summed E-state index contributed by atoms with van der Waals surface area (Å²) in [7, 11) is 1.66. The fraction of sp³-hybridized carbons (Fsp3) is 0.333. The van der Waals surface area contributed by atoms with Crippen LogP contribution in [0.1, 0.15) is 22.2 Å². The van der Waals surface area contributed by atoms with Gasteiger partial charge in [0, 0.05) is 23.2 Å². The molecule has 0 radical (unpaired) electrons. The third-order valence-corrected chi connectivity index (χ3v) is 4.05. The molecule has 5 heteroatoms. The number of nitrogens with zero attached hydrogens (tertiary/aromatic N) is 2. The van der Waals surface area contributed by atoms with E-state index in [2.05, 4.69) is 9.97 Å². The molecule has 0 aliphatic carbocycles. The minimum atomic E-state index is 0.141. The van der Waals surface area contributed by atoms with Gasteiger partial charge in [-0.05, 0) is 37.6 Å². The van der Waals surface area contributed by atoms with Crippen LogP contribution in [0.25, 0.3) is 0 Å². The summed E-state index contributed by atoms with van der Waals surface area (Å²) in [5.74, 6) is 0.845. The van der Waals surface area contributed by atoms with Gasteiger partial charge in [0.2, 0.25) is 0 Å². The van der Waals surface area contributed by atoms with Crippen molar-refractivity contribution < 1.29 is 4.74 Å². The van der Waals surface area contributed by atoms with Crippen LogP contribution in [0.2, 0.25) is 0 Å². The van der Waals surface area contributed by atoms with E-state index in [1.807, 2.05) is 44.2 Å². The van der Waals surface area contributed by atoms with E-state index < -0.39 is 0 Å². The summed E-state index contributed by atoms with van der Waals surface area (Å²) in [5.41, 5.74) is 9.00. The van der Waals surface area contributed by atoms with Gasteiger partial charge in [0.1, 0.15) is 5.75 Å². The Kier molecular flexibility index (Phi) is 4.98. The second-order valence-corrected chi connectivity index (χ2v) is 5.72. The number of hydrogen-bond acceptors (Lipinski definition) is 5. The summed E-state index contributed by atoms with van der Waals surface area (Å²) in [6.07, 6.45) is 0. The lowest BCUT2D eigenvalue weighted by atomic mass is 10.1. The maximum Gasteiger partial charge on any atom is 0.188 e. The summed E-state index contributed by atoms with van der Waals surface area (Å²) in [5, 5.41) is 0.913. The highest BCUT2D eigenvalue weighted by atomic mass is 32.2. The molecule has 2 N–H and O–H groups in total. The van der Waals surface area contributed by atoms with Gasteiger partial charge in [0.05, 0.1) is 7.11 Å². The molecule has 0 fully saturated rings. The van der Waals surface area contributed by atoms with Crippen LogP contribution in [0, 0.1) is 13.8 Å². The van der Waals surface area contributed by atoms with Crippen molar-refractivity contribution in [1.82, 2.24) is 9.97 Å². The highest BCUT2D eigenvalue weighted by Gasteiger charge is 2.14. The molecule has 20 heavy (non-hydrogen) atoms. The first-order valence-corrected chi connectivity index (χ1v) is 7.33. The molecule has 1 aromatic heterocycles. The Hall–Kier alpha value is -1.59. The van der Waals surface area contributed by atoms with Gasteiger partial charge in [-0.15, -0.1) is 0 Å². The first-order valence-electron chi connectivity index (χ1n) is 6.45. The quantitative estimate of drug-likeness (QED) is 0.677. The molecule has 2 rings (SSSR count). The smallest absolute Gasteiger partial charge is 0.188 e. The molecule has 0 amide bonds. The number of methoxy groups -OCH3 is 1. The Morgan fingerprint density at radius 3 is 2.25 bits per heavy atom. The zero-order chi connectivity index (χ0) is 14.5. The number of aromatic nitrogens is 2. The van der Waals surface area contributed by atoms with Crippen molar-refractivity contribution in [3.8, 4) is 5.75 Å². The molecule has 1 heterocycles. The highest BCUT2D eigenvalue weighted by molar-refractivity contribution is 7.99. The van der Waals surface area contributed by atoms with Crippen molar-refractivity contribution in [3.63, 3.8) is 0 Å². The second-order valence-electron chi connectivity index (χ2n) is 4.55. The van der Waals surface area contributed by atoms with E-state index in [9.17, 15) is 0 Å². The topological polar surface area (TPSA) is 61.0 Å². The molecule has 1 atom stereocenters. The van der Waals surface area contributed by atoms with Gasteiger partial charge in [-0.1, -0.05) is 23.9 Å². The van der Waals surface area contributed by atoms with Crippen LogP contribution in [-0.2, 0) is 0 Å². The van der Waals surface area contributed by atoms with Gasteiger partial charge in [0.25, 0.3) is 0 Å². The zero-order valence-corrected chi connectivity index (χ0v) is 12.8. The van der Waals surface area contributed by atoms with Crippen molar-refractivity contribution in [3.05, 3.63) is 47.3 Å². The lowest BCUT2D eigenvalue weighted by Gasteiger charge is -2.14. The summed E-state index contributed by atoms with van der Waals surface area (Å²) in [4.78, 5) is 8.91. The number of benzene rings is 1. The van der Waals surface area contributed by atoms with Gasteiger partial charge >= 0.3 is 0 Å². The van der Waals surface area contributed by atoms with Crippen molar-refractivity contribution in [2.24, 2.45) is 5.73 Å². The third kappa shape index (κ3) is 3.71. The largest absolute Gasteiger partial charge is 0.497 e. The van der Waals surface area contributed by atoms with Crippen molar-refractivity contribution in [2.75, 3.05) is 13.7 Å². The molecule has 0 saturated carbocycles. The standard InChI is InChI=1S/C15H19N3OS/c1-10-8-11(2)18-15(17-10)20-14(9-16)12-4-6-13(19-3)7-5-12/h4-8,14H,9,16H2,1-3H3. The van der Waals surface area contributed by atoms with Crippen molar-refractivity contribution in [1.29, 1.82) is 0 Å². The molecule has 0 aliphatic heterocycles. The van der Waals surface area contributed by atoms with Crippen molar-refractivity contribution in [2.45, 2.75) is 24.3 Å². The Morgan fingerprint density at radius 2 is 1.75 bits per heavy atom. The fourth-order valence-corrected chi connectivity index (χ4v) is 2.98. The lowest BCUT2D eigenvalue weighted by molar-refractivity contribution is 0.414. The maximum absolute atomic E-state index is 5.89. The molecular weight excluding hydrogens is 270 g/mol. The van der Waals surface area contributed by atoms with Crippen LogP contribution in [0.4, 0.5) is 0 Å². The molecule has 0 spiro atoms. The summed E-state index contributed by atoms with van der Waals surface area (Å²) < 4.78 is 5.17. The van der Waals surface area contributed by atoms with Crippen LogP contribution in [0.15, 0.2) is 35.5 Å². The van der Waals surface area contributed by atoms with Gasteiger partial charge in [-0.2, -0.15) is 0 Å². The van der Waals surface area contributed by atoms with E-state index in [-0.39, 0.29) is 5.25 Å². The van der Waals surface area contributed by atoms with E-state index in [0.717, 1.165) is 27.9 Å². The van der Waals surface area contributed by atoms with E-state index in [1.165, 1.54) is 0 Å². The Labute approximate surface area is 123 Å². The first-order chi connectivity index (χ1) is 9.62. The predicted molar refractivity (Wildman–Crippen MR) is 82.2 cm³/mol. The number of nitrogens with two attached hydrogens (primary N) is 1. The fourth-order valence-electron chi connectivity index (χ4n) is 1.94. The lowest BCUT2D eigenvalue weighted by Crippen LogP contribution is -2.10. The van der Waals surface area contributed by atoms with E-state index in [4.69, 9.17) is 10.5 Å². The summed E-state index contributed by atoms with van der Waals surface area (Å²) in [6, 6.07) is 9.93. The highest BCUT2D eigenvalue weighted by Crippen LogP contribution is 2.33. The second kappa shape index (κ2) is 6.72. The van der Waals surface area contributed by atoms with Crippen LogP contribution in [-0.4, -0.2) is 23.6 Å². The number of thioether (sulfide) groups is 1. The van der Waals surface area contributed by atoms with Gasteiger partial charge in [-0.25, -0.2) is 9.97 Å². The molecule has 2 aromatic rings. The molecule has 4 nitrogen and oxygen atoms in total. The molecule has 0 bridgehead atoms. The monoisotopic (exact) mass is 289 g/mol. The van der Waals surface area contributed by atoms with E-state index >= 15 is 0 Å². The SMILES string of the molecule is COc1ccc(C(CN)Sc2nc(C)cc(C)n2)cc1.